The van der Waals surface area contributed by atoms with Crippen molar-refractivity contribution in [3.8, 4) is 11.4 Å². The van der Waals surface area contributed by atoms with Crippen LogP contribution in [0.5, 0.6) is 5.75 Å². The van der Waals surface area contributed by atoms with Gasteiger partial charge >= 0.3 is 0 Å². The number of hydrogen-bond donors (Lipinski definition) is 1. The lowest BCUT2D eigenvalue weighted by Gasteiger charge is -2.12. The Morgan fingerprint density at radius 2 is 2.12 bits per heavy atom. The molecule has 25 heavy (non-hydrogen) atoms. The van der Waals surface area contributed by atoms with Crippen LogP contribution in [0, 0.1) is 6.92 Å². The van der Waals surface area contributed by atoms with E-state index in [4.69, 9.17) is 9.47 Å². The fourth-order valence-electron chi connectivity index (χ4n) is 3.08. The number of anilines is 1. The van der Waals surface area contributed by atoms with Crippen LogP contribution in [0.3, 0.4) is 0 Å². The summed E-state index contributed by atoms with van der Waals surface area (Å²) < 4.78 is 12.7. The maximum atomic E-state index is 5.67. The first-order valence-corrected chi connectivity index (χ1v) is 8.47. The summed E-state index contributed by atoms with van der Waals surface area (Å²) in [4.78, 5) is 9.13. The number of hydrogen-bond acceptors (Lipinski definition) is 6. The van der Waals surface area contributed by atoms with Gasteiger partial charge in [-0.05, 0) is 44.0 Å². The third-order valence-corrected chi connectivity index (χ3v) is 4.38. The molecular weight excluding hydrogens is 318 g/mol. The smallest absolute Gasteiger partial charge is 0.168 e. The van der Waals surface area contributed by atoms with E-state index in [1.165, 1.54) is 0 Å². The van der Waals surface area contributed by atoms with Crippen LogP contribution in [0.15, 0.2) is 30.5 Å². The van der Waals surface area contributed by atoms with Gasteiger partial charge in [-0.25, -0.2) is 14.6 Å². The maximum absolute atomic E-state index is 5.67. The number of aromatic nitrogens is 4. The van der Waals surface area contributed by atoms with E-state index < -0.39 is 0 Å². The molecule has 7 nitrogen and oxygen atoms in total. The molecule has 0 radical (unpaired) electrons. The highest BCUT2D eigenvalue weighted by Gasteiger charge is 2.17. The molecule has 1 N–H and O–H groups in total. The van der Waals surface area contributed by atoms with Crippen molar-refractivity contribution in [3.63, 3.8) is 0 Å². The van der Waals surface area contributed by atoms with Gasteiger partial charge in [0.1, 0.15) is 17.4 Å². The Labute approximate surface area is 146 Å². The summed E-state index contributed by atoms with van der Waals surface area (Å²) in [6, 6.07) is 7.74. The number of aryl methyl sites for hydroxylation is 1. The van der Waals surface area contributed by atoms with Crippen molar-refractivity contribution in [2.24, 2.45) is 0 Å². The Bertz CT molecular complexity index is 869. The monoisotopic (exact) mass is 339 g/mol. The molecule has 1 aromatic carbocycles. The summed E-state index contributed by atoms with van der Waals surface area (Å²) in [6.07, 6.45) is 4.27. The molecule has 3 heterocycles. The topological polar surface area (TPSA) is 74.1 Å². The average molecular weight is 339 g/mol. The molecule has 4 rings (SSSR count). The molecule has 0 amide bonds. The molecule has 7 heteroatoms. The summed E-state index contributed by atoms with van der Waals surface area (Å²) >= 11 is 0. The third kappa shape index (κ3) is 3.15. The fourth-order valence-corrected chi connectivity index (χ4v) is 3.08. The van der Waals surface area contributed by atoms with Crippen LogP contribution in [0.1, 0.15) is 18.7 Å². The zero-order valence-corrected chi connectivity index (χ0v) is 14.4. The molecule has 0 aliphatic carbocycles. The molecule has 0 bridgehead atoms. The van der Waals surface area contributed by atoms with E-state index in [0.717, 1.165) is 54.3 Å². The summed E-state index contributed by atoms with van der Waals surface area (Å²) in [6.45, 7) is 3.49. The third-order valence-electron chi connectivity index (χ3n) is 4.38. The van der Waals surface area contributed by atoms with Crippen molar-refractivity contribution >= 4 is 16.9 Å². The number of rotatable bonds is 5. The molecule has 0 spiro atoms. The van der Waals surface area contributed by atoms with Crippen LogP contribution >= 0.6 is 0 Å². The van der Waals surface area contributed by atoms with Gasteiger partial charge in [0, 0.05) is 13.2 Å². The molecule has 1 aliphatic heterocycles. The first-order chi connectivity index (χ1) is 12.2. The molecular formula is C18H21N5O2. The number of ether oxygens (including phenoxy) is 2. The standard InChI is InChI=1S/C18H21N5O2/c1-12-21-17(19-10-15-4-3-9-25-15)16-11-20-23(18(16)22-12)13-5-7-14(24-2)8-6-13/h5-8,11,15H,3-4,9-10H2,1-2H3,(H,19,21,22)/t15-/m1/s1. The van der Waals surface area contributed by atoms with Crippen LogP contribution in [0.25, 0.3) is 16.7 Å². The van der Waals surface area contributed by atoms with Crippen LogP contribution in [0.4, 0.5) is 5.82 Å². The van der Waals surface area contributed by atoms with E-state index in [0.29, 0.717) is 5.82 Å². The van der Waals surface area contributed by atoms with E-state index >= 15 is 0 Å². The highest BCUT2D eigenvalue weighted by atomic mass is 16.5. The van der Waals surface area contributed by atoms with E-state index in [2.05, 4.69) is 20.4 Å². The number of methoxy groups -OCH3 is 1. The zero-order valence-electron chi connectivity index (χ0n) is 14.4. The van der Waals surface area contributed by atoms with E-state index in [1.807, 2.05) is 35.9 Å². The van der Waals surface area contributed by atoms with Gasteiger partial charge in [0.2, 0.25) is 0 Å². The van der Waals surface area contributed by atoms with E-state index in [-0.39, 0.29) is 6.10 Å². The van der Waals surface area contributed by atoms with E-state index in [1.54, 1.807) is 13.3 Å². The van der Waals surface area contributed by atoms with E-state index in [9.17, 15) is 0 Å². The van der Waals surface area contributed by atoms with Gasteiger partial charge in [-0.15, -0.1) is 0 Å². The van der Waals surface area contributed by atoms with Crippen molar-refractivity contribution in [3.05, 3.63) is 36.3 Å². The van der Waals surface area contributed by atoms with Crippen molar-refractivity contribution in [1.82, 2.24) is 19.7 Å². The Balaban J connectivity index is 1.67. The SMILES string of the molecule is COc1ccc(-n2ncc3c(NC[C@H]4CCCO4)nc(C)nc32)cc1. The summed E-state index contributed by atoms with van der Waals surface area (Å²) in [5.74, 6) is 2.32. The van der Waals surface area contributed by atoms with Crippen molar-refractivity contribution < 1.29 is 9.47 Å². The first-order valence-electron chi connectivity index (χ1n) is 8.47. The molecule has 2 aromatic heterocycles. The Hall–Kier alpha value is -2.67. The second kappa shape index (κ2) is 6.68. The van der Waals surface area contributed by atoms with Crippen molar-refractivity contribution in [2.45, 2.75) is 25.9 Å². The number of fused-ring (bicyclic) bond motifs is 1. The minimum Gasteiger partial charge on any atom is -0.497 e. The summed E-state index contributed by atoms with van der Waals surface area (Å²) in [7, 11) is 1.65. The normalized spacial score (nSPS) is 17.1. The largest absolute Gasteiger partial charge is 0.497 e. The highest BCUT2D eigenvalue weighted by Crippen LogP contribution is 2.24. The van der Waals surface area contributed by atoms with Gasteiger partial charge in [0.15, 0.2) is 5.65 Å². The molecule has 1 fully saturated rings. The summed E-state index contributed by atoms with van der Waals surface area (Å²) in [5.41, 5.74) is 1.71. The molecule has 1 aliphatic rings. The predicted octanol–water partition coefficient (Wildman–Crippen LogP) is 2.72. The fraction of sp³-hybridized carbons (Fsp3) is 0.389. The minimum absolute atomic E-state index is 0.252. The van der Waals surface area contributed by atoms with Crippen LogP contribution in [-0.4, -0.2) is 46.1 Å². The Morgan fingerprint density at radius 3 is 2.84 bits per heavy atom. The van der Waals surface area contributed by atoms with Gasteiger partial charge in [-0.3, -0.25) is 0 Å². The molecule has 1 saturated heterocycles. The quantitative estimate of drug-likeness (QED) is 0.770. The number of nitrogens with one attached hydrogen (secondary N) is 1. The van der Waals surface area contributed by atoms with Crippen LogP contribution < -0.4 is 10.1 Å². The average Bonchev–Trinajstić information content (AvgIpc) is 3.29. The van der Waals surface area contributed by atoms with Gasteiger partial charge in [0.05, 0.1) is 30.5 Å². The molecule has 3 aromatic rings. The number of nitrogens with zero attached hydrogens (tertiary/aromatic N) is 4. The van der Waals surface area contributed by atoms with Gasteiger partial charge < -0.3 is 14.8 Å². The number of benzene rings is 1. The Morgan fingerprint density at radius 1 is 1.28 bits per heavy atom. The lowest BCUT2D eigenvalue weighted by molar-refractivity contribution is 0.120. The molecule has 0 unspecified atom stereocenters. The van der Waals surface area contributed by atoms with Gasteiger partial charge in [-0.2, -0.15) is 5.10 Å². The first kappa shape index (κ1) is 15.8. The maximum Gasteiger partial charge on any atom is 0.168 e. The van der Waals surface area contributed by atoms with Crippen LogP contribution in [0.2, 0.25) is 0 Å². The summed E-state index contributed by atoms with van der Waals surface area (Å²) in [5, 5.41) is 8.81. The molecule has 130 valence electrons. The molecule has 0 saturated carbocycles. The zero-order chi connectivity index (χ0) is 17.2. The van der Waals surface area contributed by atoms with Crippen LogP contribution in [-0.2, 0) is 4.74 Å². The lowest BCUT2D eigenvalue weighted by Crippen LogP contribution is -2.19. The van der Waals surface area contributed by atoms with Gasteiger partial charge in [-0.1, -0.05) is 0 Å². The minimum atomic E-state index is 0.252. The van der Waals surface area contributed by atoms with Crippen molar-refractivity contribution in [2.75, 3.05) is 25.6 Å². The van der Waals surface area contributed by atoms with Gasteiger partial charge in [0.25, 0.3) is 0 Å². The second-order valence-electron chi connectivity index (χ2n) is 6.13. The molecule has 1 atom stereocenters. The Kier molecular flexibility index (Phi) is 4.23. The lowest BCUT2D eigenvalue weighted by atomic mass is 10.2. The van der Waals surface area contributed by atoms with Crippen molar-refractivity contribution in [1.29, 1.82) is 0 Å². The second-order valence-corrected chi connectivity index (χ2v) is 6.13. The predicted molar refractivity (Wildman–Crippen MR) is 95.4 cm³/mol. The highest BCUT2D eigenvalue weighted by molar-refractivity contribution is 5.87.